The van der Waals surface area contributed by atoms with Crippen LogP contribution in [0.1, 0.15) is 362 Å². The average molecular weight is 1370 g/mol. The summed E-state index contributed by atoms with van der Waals surface area (Å²) in [6.07, 6.45) is 91.2. The lowest BCUT2D eigenvalue weighted by molar-refractivity contribution is -0.146. The largest absolute Gasteiger partial charge is 0.466 e. The fraction of sp³-hybridized carbons (Fsp3) is 0.770. The van der Waals surface area contributed by atoms with Crippen LogP contribution >= 0.6 is 0 Å². The van der Waals surface area contributed by atoms with Gasteiger partial charge in [0.25, 0.3) is 0 Å². The van der Waals surface area contributed by atoms with Gasteiger partial charge in [0.1, 0.15) is 0 Å². The van der Waals surface area contributed by atoms with E-state index in [0.717, 1.165) is 128 Å². The molecule has 0 aliphatic heterocycles. The highest BCUT2D eigenvalue weighted by Gasteiger charge is 2.21. The monoisotopic (exact) mass is 1370 g/mol. The molecule has 0 aromatic heterocycles. The van der Waals surface area contributed by atoms with Crippen molar-refractivity contribution >= 4 is 23.9 Å². The Balaban J connectivity index is 5.43. The first-order valence-corrected chi connectivity index (χ1v) is 41.2. The number of hydrogen-bond donors (Lipinski definition) is 1. The minimum atomic E-state index is -0.901. The van der Waals surface area contributed by atoms with Gasteiger partial charge in [-0.15, -0.1) is 0 Å². The first-order chi connectivity index (χ1) is 48.2. The molecule has 0 aromatic rings. The molecule has 11 heteroatoms. The fourth-order valence-electron chi connectivity index (χ4n) is 11.6. The van der Waals surface area contributed by atoms with Crippen molar-refractivity contribution in [1.29, 1.82) is 0 Å². The predicted octanol–water partition coefficient (Wildman–Crippen LogP) is 23.9. The first kappa shape index (κ1) is 93.7. The number of ether oxygens (including phenoxy) is 4. The molecule has 0 radical (unpaired) electrons. The minimum absolute atomic E-state index is 0.127. The van der Waals surface area contributed by atoms with E-state index in [1.165, 1.54) is 180 Å². The van der Waals surface area contributed by atoms with Crippen molar-refractivity contribution in [3.05, 3.63) is 97.2 Å². The van der Waals surface area contributed by atoms with Crippen molar-refractivity contribution in [2.75, 3.05) is 65.7 Å². The molecule has 0 spiro atoms. The second-order valence-corrected chi connectivity index (χ2v) is 27.5. The van der Waals surface area contributed by atoms with Gasteiger partial charge in [-0.05, 0) is 154 Å². The van der Waals surface area contributed by atoms with Crippen molar-refractivity contribution in [3.8, 4) is 0 Å². The zero-order chi connectivity index (χ0) is 71.0. The summed E-state index contributed by atoms with van der Waals surface area (Å²) in [6.45, 7) is 12.1. The molecule has 0 aliphatic carbocycles. The molecule has 1 N–H and O–H groups in total. The van der Waals surface area contributed by atoms with Gasteiger partial charge in [-0.25, -0.2) is 0 Å². The number of aliphatic hydroxyl groups is 1. The van der Waals surface area contributed by atoms with Gasteiger partial charge < -0.3 is 24.1 Å². The second kappa shape index (κ2) is 80.0. The predicted molar refractivity (Wildman–Crippen MR) is 419 cm³/mol. The Labute approximate surface area is 604 Å². The molecule has 11 nitrogen and oxygen atoms in total. The Morgan fingerprint density at radius 1 is 0.255 bits per heavy atom. The highest BCUT2D eigenvalue weighted by atomic mass is 16.5. The Kier molecular flexibility index (Phi) is 76.5. The highest BCUT2D eigenvalue weighted by molar-refractivity contribution is 5.71. The lowest BCUT2D eigenvalue weighted by Gasteiger charge is -2.29. The van der Waals surface area contributed by atoms with Crippen molar-refractivity contribution in [1.82, 2.24) is 9.80 Å². The number of carbonyl (C=O) groups excluding carboxylic acids is 4. The molecule has 0 aromatic carbocycles. The van der Waals surface area contributed by atoms with Gasteiger partial charge >= 0.3 is 23.9 Å². The third-order valence-corrected chi connectivity index (χ3v) is 17.9. The van der Waals surface area contributed by atoms with Crippen LogP contribution in [0, 0.1) is 0 Å². The van der Waals surface area contributed by atoms with Crippen LogP contribution in [0.3, 0.4) is 0 Å². The fourth-order valence-corrected chi connectivity index (χ4v) is 11.6. The number of hydrogen-bond acceptors (Lipinski definition) is 11. The van der Waals surface area contributed by atoms with Crippen LogP contribution in [0.4, 0.5) is 0 Å². The Morgan fingerprint density at radius 2 is 0.429 bits per heavy atom. The maximum absolute atomic E-state index is 13.1. The van der Waals surface area contributed by atoms with E-state index in [2.05, 4.69) is 125 Å². The molecule has 0 heterocycles. The summed E-state index contributed by atoms with van der Waals surface area (Å²) in [5, 5.41) is 11.7. The molecular formula is C87H154N2O9. The maximum Gasteiger partial charge on any atom is 0.307 e. The molecule has 0 fully saturated rings. The molecule has 0 saturated heterocycles. The molecule has 0 atom stereocenters. The van der Waals surface area contributed by atoms with E-state index in [4.69, 9.17) is 18.9 Å². The molecular weight excluding hydrogens is 1220 g/mol. The Morgan fingerprint density at radius 3 is 0.622 bits per heavy atom. The summed E-state index contributed by atoms with van der Waals surface area (Å²) in [6, 6.07) is 0. The summed E-state index contributed by atoms with van der Waals surface area (Å²) < 4.78 is 22.8. The van der Waals surface area contributed by atoms with Crippen molar-refractivity contribution < 1.29 is 43.2 Å². The van der Waals surface area contributed by atoms with Gasteiger partial charge in [0.15, 0.2) is 0 Å². The van der Waals surface area contributed by atoms with Crippen LogP contribution in [-0.4, -0.2) is 111 Å². The summed E-state index contributed by atoms with van der Waals surface area (Å²) in [5.74, 6) is -1.18. The van der Waals surface area contributed by atoms with Crippen LogP contribution in [0.5, 0.6) is 0 Å². The molecule has 0 aliphatic rings. The first-order valence-electron chi connectivity index (χ1n) is 41.2. The lowest BCUT2D eigenvalue weighted by Crippen LogP contribution is -2.43. The molecule has 0 saturated carbocycles. The zero-order valence-electron chi connectivity index (χ0n) is 64.3. The Bertz CT molecular complexity index is 1720. The molecule has 0 rings (SSSR count). The van der Waals surface area contributed by atoms with E-state index in [9.17, 15) is 24.3 Å². The summed E-state index contributed by atoms with van der Waals surface area (Å²) in [5.41, 5.74) is 0. The van der Waals surface area contributed by atoms with Crippen LogP contribution in [0.25, 0.3) is 0 Å². The molecule has 0 unspecified atom stereocenters. The maximum atomic E-state index is 13.1. The van der Waals surface area contributed by atoms with Crippen LogP contribution in [0.15, 0.2) is 97.2 Å². The zero-order valence-corrected chi connectivity index (χ0v) is 64.3. The van der Waals surface area contributed by atoms with E-state index < -0.39 is 6.10 Å². The van der Waals surface area contributed by atoms with Gasteiger partial charge in [0.2, 0.25) is 0 Å². The highest BCUT2D eigenvalue weighted by Crippen LogP contribution is 2.15. The number of esters is 4. The van der Waals surface area contributed by atoms with Gasteiger partial charge in [-0.2, -0.15) is 0 Å². The smallest absolute Gasteiger partial charge is 0.307 e. The number of rotatable bonds is 76. The van der Waals surface area contributed by atoms with Gasteiger partial charge in [0.05, 0.1) is 58.2 Å². The van der Waals surface area contributed by atoms with E-state index in [1.807, 2.05) is 9.80 Å². The van der Waals surface area contributed by atoms with E-state index >= 15 is 0 Å². The second-order valence-electron chi connectivity index (χ2n) is 27.5. The number of allylic oxidation sites excluding steroid dienone is 16. The van der Waals surface area contributed by atoms with Gasteiger partial charge in [-0.3, -0.25) is 29.0 Å². The van der Waals surface area contributed by atoms with Crippen molar-refractivity contribution in [2.45, 2.75) is 368 Å². The average Bonchev–Trinajstić information content (AvgIpc) is 1.84. The number of unbranched alkanes of at least 4 members (excludes halogenated alkanes) is 36. The standard InChI is InChI=1S/C87H154N2O9/c1-5-9-13-17-21-25-29-33-37-41-45-49-53-57-61-65-77-95-84(91)69-73-88(74-70-85(92)96-78-66-62-58-54-50-46-42-38-34-30-26-22-18-14-10-6-2)81-83(90)82-89(75-71-86(93)97-79-67-63-59-55-51-47-43-39-35-31-27-23-19-15-11-7-3)76-72-87(94)98-80-68-64-60-56-52-48-44-40-36-32-28-24-20-16-12-8-4/h21-28,33-40,83,90H,5-20,29-32,41-82H2,1-4H3/b25-21-,26-22-,27-23-,28-24-,37-33-,38-34-,39-35-,40-36-. The Hall–Kier alpha value is -4.32. The molecule has 566 valence electrons. The molecule has 0 amide bonds. The summed E-state index contributed by atoms with van der Waals surface area (Å²) in [7, 11) is 0. The third-order valence-electron chi connectivity index (χ3n) is 17.9. The van der Waals surface area contributed by atoms with Crippen molar-refractivity contribution in [3.63, 3.8) is 0 Å². The summed E-state index contributed by atoms with van der Waals surface area (Å²) in [4.78, 5) is 56.4. The van der Waals surface area contributed by atoms with Crippen LogP contribution in [0.2, 0.25) is 0 Å². The minimum Gasteiger partial charge on any atom is -0.466 e. The van der Waals surface area contributed by atoms with Gasteiger partial charge in [-0.1, -0.05) is 279 Å². The van der Waals surface area contributed by atoms with Gasteiger partial charge in [0, 0.05) is 39.3 Å². The van der Waals surface area contributed by atoms with E-state index in [0.29, 0.717) is 52.6 Å². The molecule has 98 heavy (non-hydrogen) atoms. The number of nitrogens with zero attached hydrogens (tertiary/aromatic N) is 2. The SMILES string of the molecule is CCCCC/C=C\C/C=C\CCCCCCCCOC(=O)CCN(CCC(=O)OCCCCCCCC/C=C\C/C=C\CCCCC)CC(O)CN(CCC(=O)OCCCCCCCC/C=C\C/C=C\CCCCC)CCC(=O)OCCCCCCCC/C=C\C/C=C\CCCCC. The molecule has 0 bridgehead atoms. The van der Waals surface area contributed by atoms with Crippen LogP contribution in [-0.2, 0) is 38.1 Å². The van der Waals surface area contributed by atoms with E-state index in [1.54, 1.807) is 0 Å². The lowest BCUT2D eigenvalue weighted by atomic mass is 10.1. The van der Waals surface area contributed by atoms with Crippen LogP contribution < -0.4 is 0 Å². The quantitative estimate of drug-likeness (QED) is 0.0270. The summed E-state index contributed by atoms with van der Waals surface area (Å²) >= 11 is 0. The topological polar surface area (TPSA) is 132 Å². The number of aliphatic hydroxyl groups excluding tert-OH is 1. The van der Waals surface area contributed by atoms with Crippen molar-refractivity contribution in [2.24, 2.45) is 0 Å². The normalized spacial score (nSPS) is 12.3. The number of carbonyl (C=O) groups is 4. The third kappa shape index (κ3) is 75.9. The van der Waals surface area contributed by atoms with E-state index in [-0.39, 0.29) is 62.7 Å².